The minimum atomic E-state index is -4.46. The van der Waals surface area contributed by atoms with E-state index in [1.54, 1.807) is 19.9 Å². The molecule has 0 aliphatic carbocycles. The number of hydrogen-bond donors (Lipinski definition) is 2. The summed E-state index contributed by atoms with van der Waals surface area (Å²) in [5.74, 6) is -1.05. The van der Waals surface area contributed by atoms with E-state index in [-0.39, 0.29) is 36.5 Å². The lowest BCUT2D eigenvalue weighted by Gasteiger charge is -2.52. The van der Waals surface area contributed by atoms with Crippen LogP contribution in [0.3, 0.4) is 0 Å². The maximum atomic E-state index is 13.3. The Bertz CT molecular complexity index is 1090. The van der Waals surface area contributed by atoms with Crippen LogP contribution >= 0.6 is 0 Å². The van der Waals surface area contributed by atoms with Gasteiger partial charge in [-0.2, -0.15) is 17.5 Å². The molecule has 182 valence electrons. The van der Waals surface area contributed by atoms with Gasteiger partial charge in [0, 0.05) is 31.4 Å². The molecular weight excluding hydrogens is 459 g/mol. The van der Waals surface area contributed by atoms with Crippen molar-refractivity contribution >= 4 is 16.0 Å². The van der Waals surface area contributed by atoms with Gasteiger partial charge in [-0.15, -0.1) is 0 Å². The first-order valence-electron chi connectivity index (χ1n) is 10.5. The zero-order valence-corrected chi connectivity index (χ0v) is 19.7. The number of nitrogens with zero attached hydrogens (tertiary/aromatic N) is 2. The van der Waals surface area contributed by atoms with Crippen LogP contribution in [0.4, 0.5) is 13.2 Å². The SMILES string of the molecule is Cc1ccc(S(=O)(=O)N2CC(C)N(C3(C)C=CC(C(F)(F)F)=CN3)[C@@H](C)C2)cc1CC(=O)O. The highest BCUT2D eigenvalue weighted by molar-refractivity contribution is 7.89. The number of rotatable bonds is 5. The Labute approximate surface area is 191 Å². The molecule has 3 atom stereocenters. The minimum absolute atomic E-state index is 0.0249. The molecule has 1 aromatic carbocycles. The Morgan fingerprint density at radius 1 is 1.24 bits per heavy atom. The van der Waals surface area contributed by atoms with Crippen molar-refractivity contribution in [2.75, 3.05) is 13.1 Å². The van der Waals surface area contributed by atoms with Gasteiger partial charge in [-0.3, -0.25) is 9.69 Å². The van der Waals surface area contributed by atoms with E-state index in [2.05, 4.69) is 5.32 Å². The molecule has 2 aliphatic heterocycles. The summed E-state index contributed by atoms with van der Waals surface area (Å²) in [7, 11) is -3.89. The molecule has 7 nitrogen and oxygen atoms in total. The van der Waals surface area contributed by atoms with Gasteiger partial charge in [0.2, 0.25) is 10.0 Å². The topological polar surface area (TPSA) is 90.0 Å². The third-order valence-corrected chi connectivity index (χ3v) is 7.98. The molecule has 11 heteroatoms. The molecule has 0 amide bonds. The number of nitrogens with one attached hydrogen (secondary N) is 1. The second kappa shape index (κ2) is 8.77. The second-order valence-corrected chi connectivity index (χ2v) is 10.7. The summed E-state index contributed by atoms with van der Waals surface area (Å²) in [6.45, 7) is 7.40. The predicted octanol–water partition coefficient (Wildman–Crippen LogP) is 3.03. The summed E-state index contributed by atoms with van der Waals surface area (Å²) in [6, 6.07) is 3.84. The minimum Gasteiger partial charge on any atom is -0.481 e. The standard InChI is InChI=1S/C22H28F3N3O4S/c1-14-5-6-19(9-17(14)10-20(29)30)33(31,32)27-12-15(2)28(16(3)13-27)21(4)8-7-18(11-26-21)22(23,24)25/h5-9,11,15-16,26H,10,12-13H2,1-4H3,(H,29,30)/t15-,16?,21?/m0/s1. The number of aliphatic carboxylic acids is 1. The summed E-state index contributed by atoms with van der Waals surface area (Å²) in [6.07, 6.45) is -1.30. The summed E-state index contributed by atoms with van der Waals surface area (Å²) in [5, 5.41) is 11.9. The van der Waals surface area contributed by atoms with E-state index < -0.39 is 33.4 Å². The van der Waals surface area contributed by atoms with Crippen LogP contribution in [0.15, 0.2) is 47.0 Å². The maximum absolute atomic E-state index is 13.3. The molecule has 33 heavy (non-hydrogen) atoms. The van der Waals surface area contributed by atoms with Crippen molar-refractivity contribution in [2.45, 2.75) is 62.9 Å². The number of carboxylic acid groups (broad SMARTS) is 1. The molecule has 1 saturated heterocycles. The highest BCUT2D eigenvalue weighted by Crippen LogP contribution is 2.34. The summed E-state index contributed by atoms with van der Waals surface area (Å²) < 4.78 is 67.0. The van der Waals surface area contributed by atoms with E-state index in [1.165, 1.54) is 22.5 Å². The number of dihydropyridines is 1. The number of hydrogen-bond acceptors (Lipinski definition) is 5. The smallest absolute Gasteiger partial charge is 0.417 e. The lowest BCUT2D eigenvalue weighted by Crippen LogP contribution is -2.68. The van der Waals surface area contributed by atoms with E-state index in [1.807, 2.05) is 18.7 Å². The molecular formula is C22H28F3N3O4S. The van der Waals surface area contributed by atoms with Gasteiger partial charge in [0.25, 0.3) is 0 Å². The van der Waals surface area contributed by atoms with Gasteiger partial charge < -0.3 is 10.4 Å². The first kappa shape index (κ1) is 25.3. The average Bonchev–Trinajstić information content (AvgIpc) is 2.68. The number of piperazine rings is 1. The van der Waals surface area contributed by atoms with Gasteiger partial charge in [-0.1, -0.05) is 6.07 Å². The van der Waals surface area contributed by atoms with Crippen LogP contribution in [0, 0.1) is 6.92 Å². The van der Waals surface area contributed by atoms with Crippen LogP contribution in [0.25, 0.3) is 0 Å². The molecule has 1 fully saturated rings. The second-order valence-electron chi connectivity index (χ2n) is 8.81. The normalized spacial score (nSPS) is 27.2. The van der Waals surface area contributed by atoms with E-state index >= 15 is 0 Å². The lowest BCUT2D eigenvalue weighted by molar-refractivity contribution is -0.136. The summed E-state index contributed by atoms with van der Waals surface area (Å²) in [4.78, 5) is 13.1. The Balaban J connectivity index is 1.82. The van der Waals surface area contributed by atoms with Gasteiger partial charge in [-0.05, 0) is 63.1 Å². The van der Waals surface area contributed by atoms with Crippen LogP contribution in [0.1, 0.15) is 31.9 Å². The number of allylic oxidation sites excluding steroid dienone is 2. The van der Waals surface area contributed by atoms with Crippen LogP contribution in [0.2, 0.25) is 0 Å². The Kier molecular flexibility index (Phi) is 6.71. The molecule has 2 heterocycles. The Morgan fingerprint density at radius 3 is 2.33 bits per heavy atom. The van der Waals surface area contributed by atoms with Gasteiger partial charge in [0.1, 0.15) is 5.66 Å². The highest BCUT2D eigenvalue weighted by Gasteiger charge is 2.45. The van der Waals surface area contributed by atoms with Crippen molar-refractivity contribution in [1.82, 2.24) is 14.5 Å². The fraction of sp³-hybridized carbons (Fsp3) is 0.500. The maximum Gasteiger partial charge on any atom is 0.417 e. The quantitative estimate of drug-likeness (QED) is 0.664. The molecule has 2 N–H and O–H groups in total. The van der Waals surface area contributed by atoms with Crippen LogP contribution in [0.5, 0.6) is 0 Å². The molecule has 1 aromatic rings. The van der Waals surface area contributed by atoms with Gasteiger partial charge in [0.15, 0.2) is 0 Å². The zero-order chi connectivity index (χ0) is 24.8. The lowest BCUT2D eigenvalue weighted by atomic mass is 9.98. The van der Waals surface area contributed by atoms with Crippen molar-refractivity contribution < 1.29 is 31.5 Å². The molecule has 2 unspecified atom stereocenters. The Morgan fingerprint density at radius 2 is 1.85 bits per heavy atom. The van der Waals surface area contributed by atoms with E-state index in [9.17, 15) is 26.4 Å². The first-order valence-corrected chi connectivity index (χ1v) is 11.9. The van der Waals surface area contributed by atoms with Crippen LogP contribution in [-0.2, 0) is 21.2 Å². The molecule has 0 bridgehead atoms. The third-order valence-electron chi connectivity index (χ3n) is 6.16. The zero-order valence-electron chi connectivity index (χ0n) is 18.8. The van der Waals surface area contributed by atoms with Crippen molar-refractivity contribution in [2.24, 2.45) is 0 Å². The van der Waals surface area contributed by atoms with Crippen LogP contribution < -0.4 is 5.32 Å². The number of carbonyl (C=O) groups is 1. The molecule has 3 rings (SSSR count). The van der Waals surface area contributed by atoms with Crippen molar-refractivity contribution in [3.8, 4) is 0 Å². The summed E-state index contributed by atoms with van der Waals surface area (Å²) >= 11 is 0. The number of aryl methyl sites for hydroxylation is 1. The Hall–Kier alpha value is -2.37. The number of alkyl halides is 3. The highest BCUT2D eigenvalue weighted by atomic mass is 32.2. The average molecular weight is 488 g/mol. The van der Waals surface area contributed by atoms with Crippen LogP contribution in [-0.4, -0.2) is 65.7 Å². The van der Waals surface area contributed by atoms with Gasteiger partial charge in [-0.25, -0.2) is 8.42 Å². The number of sulfonamides is 1. The molecule has 0 radical (unpaired) electrons. The van der Waals surface area contributed by atoms with Crippen molar-refractivity contribution in [3.05, 3.63) is 53.3 Å². The first-order chi connectivity index (χ1) is 15.1. The largest absolute Gasteiger partial charge is 0.481 e. The van der Waals surface area contributed by atoms with Gasteiger partial charge in [0.05, 0.1) is 16.9 Å². The molecule has 0 spiro atoms. The fourth-order valence-corrected chi connectivity index (χ4v) is 6.26. The molecule has 0 aromatic heterocycles. The van der Waals surface area contributed by atoms with E-state index in [4.69, 9.17) is 5.11 Å². The van der Waals surface area contributed by atoms with E-state index in [0.29, 0.717) is 11.1 Å². The van der Waals surface area contributed by atoms with Crippen molar-refractivity contribution in [3.63, 3.8) is 0 Å². The fourth-order valence-electron chi connectivity index (χ4n) is 4.61. The molecule has 2 aliphatic rings. The number of benzene rings is 1. The van der Waals surface area contributed by atoms with E-state index in [0.717, 1.165) is 12.3 Å². The number of halogens is 3. The van der Waals surface area contributed by atoms with Gasteiger partial charge >= 0.3 is 12.1 Å². The summed E-state index contributed by atoms with van der Waals surface area (Å²) in [5.41, 5.74) is -0.572. The monoisotopic (exact) mass is 487 g/mol. The van der Waals surface area contributed by atoms with Crippen molar-refractivity contribution in [1.29, 1.82) is 0 Å². The third kappa shape index (κ3) is 5.10. The predicted molar refractivity (Wildman–Crippen MR) is 117 cm³/mol. The molecule has 0 saturated carbocycles. The number of carboxylic acids is 1.